The molecule has 0 aliphatic rings. The van der Waals surface area contributed by atoms with Crippen molar-refractivity contribution in [3.05, 3.63) is 15.0 Å². The molecule has 0 fully saturated rings. The minimum Gasteiger partial charge on any atom is -0.234 e. The Labute approximate surface area is 71.6 Å². The maximum absolute atomic E-state index is 8.25. The zero-order valence-electron chi connectivity index (χ0n) is 5.17. The van der Waals surface area contributed by atoms with E-state index < -0.39 is 0 Å². The summed E-state index contributed by atoms with van der Waals surface area (Å²) in [5, 5.41) is 11.2. The summed E-state index contributed by atoms with van der Waals surface area (Å²) in [5.74, 6) is 0. The third-order valence-electron chi connectivity index (χ3n) is 0.974. The molecule has 0 spiro atoms. The van der Waals surface area contributed by atoms with Crippen LogP contribution in [0.1, 0.15) is 11.4 Å². The molecular weight excluding hydrogens is 212 g/mol. The monoisotopic (exact) mass is 216 g/mol. The molecule has 0 saturated carbocycles. The van der Waals surface area contributed by atoms with E-state index in [2.05, 4.69) is 27.0 Å². The molecule has 4 heteroatoms. The zero-order chi connectivity index (χ0) is 7.40. The minimum atomic E-state index is 0.556. The van der Waals surface area contributed by atoms with Gasteiger partial charge in [0.25, 0.3) is 0 Å². The predicted octanol–water partition coefficient (Wildman–Crippen LogP) is 2.36. The number of nitriles is 1. The van der Waals surface area contributed by atoms with Crippen LogP contribution >= 0.6 is 27.3 Å². The molecule has 0 atom stereocenters. The van der Waals surface area contributed by atoms with Gasteiger partial charge in [0.05, 0.1) is 11.1 Å². The fourth-order valence-corrected chi connectivity index (χ4v) is 1.83. The van der Waals surface area contributed by atoms with Crippen molar-refractivity contribution in [2.75, 3.05) is 0 Å². The normalized spacial score (nSPS) is 9.20. The quantitative estimate of drug-likeness (QED) is 0.762. The molecule has 0 aliphatic heterocycles. The molecule has 2 nitrogen and oxygen atoms in total. The molecule has 0 saturated heterocycles. The molecule has 0 unspecified atom stereocenters. The van der Waals surface area contributed by atoms with Crippen LogP contribution in [0.15, 0.2) is 9.98 Å². The summed E-state index contributed by atoms with van der Waals surface area (Å²) in [7, 11) is 0. The Morgan fingerprint density at radius 3 is 3.10 bits per heavy atom. The van der Waals surface area contributed by atoms with Gasteiger partial charge in [0, 0.05) is 18.2 Å². The van der Waals surface area contributed by atoms with Crippen molar-refractivity contribution in [3.63, 3.8) is 0 Å². The van der Waals surface area contributed by atoms with Crippen LogP contribution in [0.25, 0.3) is 0 Å². The number of aromatic nitrogens is 1. The standard InChI is InChI=1S/C6H5BrN2S/c7-5-4-10-6(9-5)2-1-3-8/h4H,1-2H2. The number of thiazole rings is 1. The summed E-state index contributed by atoms with van der Waals surface area (Å²) in [6.45, 7) is 0. The van der Waals surface area contributed by atoms with Crippen molar-refractivity contribution < 1.29 is 0 Å². The second kappa shape index (κ2) is 3.69. The summed E-state index contributed by atoms with van der Waals surface area (Å²) in [6.07, 6.45) is 1.33. The second-order valence-electron chi connectivity index (χ2n) is 1.72. The second-order valence-corrected chi connectivity index (χ2v) is 3.48. The maximum atomic E-state index is 8.25. The summed E-state index contributed by atoms with van der Waals surface area (Å²) in [6, 6.07) is 2.08. The highest BCUT2D eigenvalue weighted by atomic mass is 79.9. The van der Waals surface area contributed by atoms with E-state index in [-0.39, 0.29) is 0 Å². The van der Waals surface area contributed by atoms with Crippen molar-refractivity contribution in [2.24, 2.45) is 0 Å². The molecule has 0 aromatic carbocycles. The Hall–Kier alpha value is -0.400. The highest BCUT2D eigenvalue weighted by molar-refractivity contribution is 9.10. The number of hydrogen-bond acceptors (Lipinski definition) is 3. The molecule has 0 N–H and O–H groups in total. The lowest BCUT2D eigenvalue weighted by Crippen LogP contribution is -1.79. The first-order valence-corrected chi connectivity index (χ1v) is 4.47. The molecule has 0 aliphatic carbocycles. The lowest BCUT2D eigenvalue weighted by molar-refractivity contribution is 0.984. The average Bonchev–Trinajstić information content (AvgIpc) is 2.31. The van der Waals surface area contributed by atoms with Gasteiger partial charge in [-0.1, -0.05) is 0 Å². The first kappa shape index (κ1) is 7.70. The van der Waals surface area contributed by atoms with Gasteiger partial charge in [-0.2, -0.15) is 5.26 Å². The number of rotatable bonds is 2. The van der Waals surface area contributed by atoms with Crippen molar-refractivity contribution in [3.8, 4) is 6.07 Å². The minimum absolute atomic E-state index is 0.556. The van der Waals surface area contributed by atoms with Gasteiger partial charge < -0.3 is 0 Å². The van der Waals surface area contributed by atoms with Crippen LogP contribution in [0.2, 0.25) is 0 Å². The van der Waals surface area contributed by atoms with E-state index in [1.807, 2.05) is 5.38 Å². The lowest BCUT2D eigenvalue weighted by Gasteiger charge is -1.83. The van der Waals surface area contributed by atoms with Crippen LogP contribution in [0, 0.1) is 11.3 Å². The van der Waals surface area contributed by atoms with E-state index in [1.54, 1.807) is 11.3 Å². The van der Waals surface area contributed by atoms with Crippen LogP contribution in [0.3, 0.4) is 0 Å². The third kappa shape index (κ3) is 2.09. The van der Waals surface area contributed by atoms with E-state index in [9.17, 15) is 0 Å². The molecule has 0 bridgehead atoms. The number of halogens is 1. The first-order chi connectivity index (χ1) is 4.83. The van der Waals surface area contributed by atoms with Gasteiger partial charge in [0.15, 0.2) is 0 Å². The molecule has 52 valence electrons. The Bertz CT molecular complexity index is 250. The van der Waals surface area contributed by atoms with E-state index in [4.69, 9.17) is 5.26 Å². The summed E-state index contributed by atoms with van der Waals surface area (Å²) >= 11 is 4.82. The number of nitrogens with zero attached hydrogens (tertiary/aromatic N) is 2. The van der Waals surface area contributed by atoms with E-state index in [0.717, 1.165) is 16.0 Å². The van der Waals surface area contributed by atoms with Crippen LogP contribution in [-0.4, -0.2) is 4.98 Å². The molecule has 10 heavy (non-hydrogen) atoms. The van der Waals surface area contributed by atoms with Crippen LogP contribution in [0.5, 0.6) is 0 Å². The fourth-order valence-electron chi connectivity index (χ4n) is 0.566. The Balaban J connectivity index is 2.52. The molecule has 1 rings (SSSR count). The largest absolute Gasteiger partial charge is 0.234 e. The van der Waals surface area contributed by atoms with Gasteiger partial charge in [-0.3, -0.25) is 0 Å². The smallest absolute Gasteiger partial charge is 0.117 e. The van der Waals surface area contributed by atoms with Gasteiger partial charge in [-0.15, -0.1) is 11.3 Å². The van der Waals surface area contributed by atoms with E-state index in [1.165, 1.54) is 0 Å². The van der Waals surface area contributed by atoms with Gasteiger partial charge in [0.2, 0.25) is 0 Å². The Morgan fingerprint density at radius 1 is 1.80 bits per heavy atom. The molecule has 0 amide bonds. The van der Waals surface area contributed by atoms with Crippen LogP contribution < -0.4 is 0 Å². The molecular formula is C6H5BrN2S. The fraction of sp³-hybridized carbons (Fsp3) is 0.333. The van der Waals surface area contributed by atoms with Crippen molar-refractivity contribution >= 4 is 27.3 Å². The van der Waals surface area contributed by atoms with Crippen LogP contribution in [0.4, 0.5) is 0 Å². The highest BCUT2D eigenvalue weighted by Gasteiger charge is 1.97. The summed E-state index contributed by atoms with van der Waals surface area (Å²) in [4.78, 5) is 4.13. The summed E-state index contributed by atoms with van der Waals surface area (Å²) in [5.41, 5.74) is 0. The van der Waals surface area contributed by atoms with Gasteiger partial charge >= 0.3 is 0 Å². The average molecular weight is 217 g/mol. The number of hydrogen-bond donors (Lipinski definition) is 0. The van der Waals surface area contributed by atoms with Gasteiger partial charge in [-0.05, 0) is 15.9 Å². The van der Waals surface area contributed by atoms with Crippen molar-refractivity contribution in [1.82, 2.24) is 4.98 Å². The Morgan fingerprint density at radius 2 is 2.60 bits per heavy atom. The SMILES string of the molecule is N#CCCc1nc(Br)cs1. The highest BCUT2D eigenvalue weighted by Crippen LogP contribution is 2.15. The topological polar surface area (TPSA) is 36.7 Å². The molecule has 0 radical (unpaired) electrons. The lowest BCUT2D eigenvalue weighted by atomic mass is 10.3. The molecule has 1 heterocycles. The maximum Gasteiger partial charge on any atom is 0.117 e. The van der Waals surface area contributed by atoms with Crippen molar-refractivity contribution in [1.29, 1.82) is 5.26 Å². The van der Waals surface area contributed by atoms with Gasteiger partial charge in [-0.25, -0.2) is 4.98 Å². The zero-order valence-corrected chi connectivity index (χ0v) is 7.57. The van der Waals surface area contributed by atoms with E-state index >= 15 is 0 Å². The van der Waals surface area contributed by atoms with Crippen LogP contribution in [-0.2, 0) is 6.42 Å². The Kier molecular flexibility index (Phi) is 2.84. The number of aryl methyl sites for hydroxylation is 1. The van der Waals surface area contributed by atoms with E-state index in [0.29, 0.717) is 6.42 Å². The molecule has 1 aromatic rings. The first-order valence-electron chi connectivity index (χ1n) is 2.80. The summed E-state index contributed by atoms with van der Waals surface area (Å²) < 4.78 is 0.866. The third-order valence-corrected chi connectivity index (χ3v) is 2.59. The van der Waals surface area contributed by atoms with Crippen molar-refractivity contribution in [2.45, 2.75) is 12.8 Å². The van der Waals surface area contributed by atoms with Gasteiger partial charge in [0.1, 0.15) is 4.60 Å². The molecule has 1 aromatic heterocycles. The predicted molar refractivity (Wildman–Crippen MR) is 43.7 cm³/mol.